The van der Waals surface area contributed by atoms with Crippen LogP contribution < -0.4 is 0 Å². The molecule has 1 aromatic carbocycles. The minimum atomic E-state index is -0.163. The third-order valence-corrected chi connectivity index (χ3v) is 6.26. The lowest BCUT2D eigenvalue weighted by atomic mass is 9.97. The van der Waals surface area contributed by atoms with Crippen molar-refractivity contribution < 1.29 is 0 Å². The minimum Gasteiger partial charge on any atom is -0.296 e. The summed E-state index contributed by atoms with van der Waals surface area (Å²) in [4.78, 5) is 7.11. The standard InChI is InChI=1S/C15H17N3S2/c1-19-15(11-16)6-8-18(9-7-15)10-14-17-12-4-2-3-5-13(12)20-14/h2-5H,6-10H2,1H3. The molecule has 1 saturated heterocycles. The molecule has 0 radical (unpaired) electrons. The minimum absolute atomic E-state index is 0.163. The third kappa shape index (κ3) is 2.69. The highest BCUT2D eigenvalue weighted by Crippen LogP contribution is 2.34. The van der Waals surface area contributed by atoms with Gasteiger partial charge in [-0.1, -0.05) is 12.1 Å². The highest BCUT2D eigenvalue weighted by atomic mass is 32.2. The predicted octanol–water partition coefficient (Wildman–Crippen LogP) is 3.52. The molecule has 20 heavy (non-hydrogen) atoms. The molecule has 2 aromatic rings. The first-order chi connectivity index (χ1) is 9.74. The van der Waals surface area contributed by atoms with Gasteiger partial charge in [0.2, 0.25) is 0 Å². The molecule has 5 heteroatoms. The number of fused-ring (bicyclic) bond motifs is 1. The number of thiazole rings is 1. The lowest BCUT2D eigenvalue weighted by Crippen LogP contribution is -2.41. The van der Waals surface area contributed by atoms with E-state index in [9.17, 15) is 5.26 Å². The molecule has 0 bridgehead atoms. The first-order valence-electron chi connectivity index (χ1n) is 6.78. The Morgan fingerprint density at radius 3 is 2.80 bits per heavy atom. The topological polar surface area (TPSA) is 39.9 Å². The maximum absolute atomic E-state index is 9.31. The molecular weight excluding hydrogens is 286 g/mol. The number of aromatic nitrogens is 1. The second-order valence-corrected chi connectivity index (χ2v) is 7.47. The van der Waals surface area contributed by atoms with Gasteiger partial charge in [-0.2, -0.15) is 5.26 Å². The monoisotopic (exact) mass is 303 g/mol. The quantitative estimate of drug-likeness (QED) is 0.870. The van der Waals surface area contributed by atoms with E-state index < -0.39 is 0 Å². The molecule has 0 saturated carbocycles. The molecule has 2 heterocycles. The van der Waals surface area contributed by atoms with Crippen molar-refractivity contribution in [2.45, 2.75) is 24.1 Å². The van der Waals surface area contributed by atoms with Crippen LogP contribution in [0.5, 0.6) is 0 Å². The molecule has 0 aliphatic carbocycles. The van der Waals surface area contributed by atoms with E-state index in [4.69, 9.17) is 4.98 Å². The van der Waals surface area contributed by atoms with E-state index in [1.165, 1.54) is 9.71 Å². The van der Waals surface area contributed by atoms with Gasteiger partial charge >= 0.3 is 0 Å². The van der Waals surface area contributed by atoms with Crippen molar-refractivity contribution in [1.82, 2.24) is 9.88 Å². The lowest BCUT2D eigenvalue weighted by molar-refractivity contribution is 0.209. The fourth-order valence-electron chi connectivity index (χ4n) is 2.61. The molecule has 104 valence electrons. The zero-order valence-electron chi connectivity index (χ0n) is 11.5. The summed E-state index contributed by atoms with van der Waals surface area (Å²) in [5.41, 5.74) is 1.10. The van der Waals surface area contributed by atoms with Crippen molar-refractivity contribution in [1.29, 1.82) is 5.26 Å². The normalized spacial score (nSPS) is 19.0. The molecular formula is C15H17N3S2. The second-order valence-electron chi connectivity index (χ2n) is 5.16. The van der Waals surface area contributed by atoms with Crippen LogP contribution >= 0.6 is 23.1 Å². The van der Waals surface area contributed by atoms with E-state index in [1.54, 1.807) is 23.1 Å². The number of hydrogen-bond donors (Lipinski definition) is 0. The Kier molecular flexibility index (Phi) is 3.97. The van der Waals surface area contributed by atoms with E-state index in [-0.39, 0.29) is 4.75 Å². The summed E-state index contributed by atoms with van der Waals surface area (Å²) < 4.78 is 1.10. The summed E-state index contributed by atoms with van der Waals surface area (Å²) in [6.45, 7) is 2.89. The van der Waals surface area contributed by atoms with Gasteiger partial charge in [-0.3, -0.25) is 4.90 Å². The van der Waals surface area contributed by atoms with Gasteiger partial charge < -0.3 is 0 Å². The number of para-hydroxylation sites is 1. The Hall–Kier alpha value is -1.09. The SMILES string of the molecule is CSC1(C#N)CCN(Cc2nc3ccccc3s2)CC1. The summed E-state index contributed by atoms with van der Waals surface area (Å²) in [6, 6.07) is 10.8. The molecule has 3 rings (SSSR count). The number of likely N-dealkylation sites (tertiary alicyclic amines) is 1. The van der Waals surface area contributed by atoms with Crippen LogP contribution in [0.15, 0.2) is 24.3 Å². The summed E-state index contributed by atoms with van der Waals surface area (Å²) >= 11 is 3.48. The highest BCUT2D eigenvalue weighted by Gasteiger charge is 2.33. The van der Waals surface area contributed by atoms with Crippen molar-refractivity contribution in [2.75, 3.05) is 19.3 Å². The van der Waals surface area contributed by atoms with Crippen molar-refractivity contribution in [3.8, 4) is 6.07 Å². The Balaban J connectivity index is 1.66. The number of nitrogens with zero attached hydrogens (tertiary/aromatic N) is 3. The maximum atomic E-state index is 9.31. The summed E-state index contributed by atoms with van der Waals surface area (Å²) in [7, 11) is 0. The van der Waals surface area contributed by atoms with E-state index in [1.807, 2.05) is 12.3 Å². The van der Waals surface area contributed by atoms with Gasteiger partial charge in [0.25, 0.3) is 0 Å². The average Bonchev–Trinajstić information content (AvgIpc) is 2.90. The van der Waals surface area contributed by atoms with E-state index in [0.29, 0.717) is 0 Å². The summed E-state index contributed by atoms with van der Waals surface area (Å²) in [5, 5.41) is 10.5. The zero-order chi connectivity index (χ0) is 14.0. The van der Waals surface area contributed by atoms with E-state index >= 15 is 0 Å². The fourth-order valence-corrected chi connectivity index (χ4v) is 4.30. The van der Waals surface area contributed by atoms with Gasteiger partial charge in [-0.05, 0) is 31.2 Å². The maximum Gasteiger partial charge on any atom is 0.108 e. The molecule has 1 aromatic heterocycles. The first-order valence-corrected chi connectivity index (χ1v) is 8.82. The molecule has 1 fully saturated rings. The molecule has 1 aliphatic rings. The molecule has 0 spiro atoms. The average molecular weight is 303 g/mol. The summed E-state index contributed by atoms with van der Waals surface area (Å²) in [5.74, 6) is 0. The number of benzene rings is 1. The van der Waals surface area contributed by atoms with E-state index in [0.717, 1.165) is 38.0 Å². The highest BCUT2D eigenvalue weighted by molar-refractivity contribution is 8.00. The first kappa shape index (κ1) is 13.9. The van der Waals surface area contributed by atoms with Gasteiger partial charge in [0, 0.05) is 13.1 Å². The van der Waals surface area contributed by atoms with Crippen LogP contribution in [0.2, 0.25) is 0 Å². The smallest absolute Gasteiger partial charge is 0.108 e. The number of hydrogen-bond acceptors (Lipinski definition) is 5. The van der Waals surface area contributed by atoms with E-state index in [2.05, 4.69) is 29.2 Å². The van der Waals surface area contributed by atoms with Crippen molar-refractivity contribution in [3.05, 3.63) is 29.3 Å². The van der Waals surface area contributed by atoms with Gasteiger partial charge in [0.1, 0.15) is 9.75 Å². The van der Waals surface area contributed by atoms with Crippen LogP contribution in [-0.2, 0) is 6.54 Å². The largest absolute Gasteiger partial charge is 0.296 e. The molecule has 0 amide bonds. The van der Waals surface area contributed by atoms with Crippen molar-refractivity contribution in [3.63, 3.8) is 0 Å². The van der Waals surface area contributed by atoms with Crippen molar-refractivity contribution >= 4 is 33.3 Å². The molecule has 0 atom stereocenters. The Morgan fingerprint density at radius 2 is 2.15 bits per heavy atom. The van der Waals surface area contributed by atoms with Crippen LogP contribution in [-0.4, -0.2) is 34.0 Å². The Bertz CT molecular complexity index is 603. The number of piperidine rings is 1. The fraction of sp³-hybridized carbons (Fsp3) is 0.467. The Labute approximate surface area is 127 Å². The number of rotatable bonds is 3. The van der Waals surface area contributed by atoms with Gasteiger partial charge in [0.05, 0.1) is 22.8 Å². The zero-order valence-corrected chi connectivity index (χ0v) is 13.1. The van der Waals surface area contributed by atoms with Crippen molar-refractivity contribution in [2.24, 2.45) is 0 Å². The van der Waals surface area contributed by atoms with Crippen LogP contribution in [0.4, 0.5) is 0 Å². The van der Waals surface area contributed by atoms with Gasteiger partial charge in [0.15, 0.2) is 0 Å². The second kappa shape index (κ2) is 5.72. The summed E-state index contributed by atoms with van der Waals surface area (Å²) in [6.07, 6.45) is 3.96. The molecule has 0 N–H and O–H groups in total. The van der Waals surface area contributed by atoms with Crippen LogP contribution in [0.3, 0.4) is 0 Å². The van der Waals surface area contributed by atoms with Crippen LogP contribution in [0, 0.1) is 11.3 Å². The third-order valence-electron chi connectivity index (χ3n) is 3.96. The molecule has 0 unspecified atom stereocenters. The van der Waals surface area contributed by atoms with Crippen LogP contribution in [0.1, 0.15) is 17.8 Å². The predicted molar refractivity (Wildman–Crippen MR) is 86.0 cm³/mol. The number of thioether (sulfide) groups is 1. The Morgan fingerprint density at radius 1 is 1.40 bits per heavy atom. The molecule has 1 aliphatic heterocycles. The van der Waals surface area contributed by atoms with Gasteiger partial charge in [-0.25, -0.2) is 4.98 Å². The van der Waals surface area contributed by atoms with Crippen LogP contribution in [0.25, 0.3) is 10.2 Å². The van der Waals surface area contributed by atoms with Gasteiger partial charge in [-0.15, -0.1) is 23.1 Å². The molecule has 3 nitrogen and oxygen atoms in total. The number of nitriles is 1. The lowest BCUT2D eigenvalue weighted by Gasteiger charge is -2.35.